The molecule has 1 atom stereocenters. The van der Waals surface area contributed by atoms with Crippen LogP contribution in [-0.2, 0) is 6.54 Å². The highest BCUT2D eigenvalue weighted by Crippen LogP contribution is 2.26. The van der Waals surface area contributed by atoms with Crippen LogP contribution in [0.3, 0.4) is 0 Å². The third kappa shape index (κ3) is 3.33. The average molecular weight is 401 g/mol. The highest BCUT2D eigenvalue weighted by atomic mass is 16.5. The standard InChI is InChI=1S/C23H23N5O2/c24-22-21-20(12-14-26-22)27(15-16-5-4-13-25-16)23(29)28(21)17-8-10-19(11-9-17)30-18-6-2-1-3-7-18/h1-3,6-12,14,16,25H,4-5,13,15H2,(H2,24,26)/t16-/m0/s1. The summed E-state index contributed by atoms with van der Waals surface area (Å²) in [7, 11) is 0. The summed E-state index contributed by atoms with van der Waals surface area (Å²) in [6.45, 7) is 1.60. The lowest BCUT2D eigenvalue weighted by molar-refractivity contribution is 0.482. The molecule has 3 N–H and O–H groups in total. The molecule has 0 unspecified atom stereocenters. The largest absolute Gasteiger partial charge is 0.457 e. The highest BCUT2D eigenvalue weighted by molar-refractivity contribution is 5.87. The van der Waals surface area contributed by atoms with Gasteiger partial charge in [0.1, 0.15) is 22.8 Å². The molecule has 30 heavy (non-hydrogen) atoms. The number of fused-ring (bicyclic) bond motifs is 1. The fraction of sp³-hybridized carbons (Fsp3) is 0.217. The van der Waals surface area contributed by atoms with Crippen molar-refractivity contribution in [2.45, 2.75) is 25.4 Å². The molecule has 7 heteroatoms. The third-order valence-electron chi connectivity index (χ3n) is 5.51. The first-order valence-corrected chi connectivity index (χ1v) is 10.1. The van der Waals surface area contributed by atoms with Gasteiger partial charge < -0.3 is 15.8 Å². The van der Waals surface area contributed by atoms with Crippen LogP contribution < -0.4 is 21.5 Å². The molecule has 7 nitrogen and oxygen atoms in total. The van der Waals surface area contributed by atoms with Crippen LogP contribution in [0.4, 0.5) is 5.82 Å². The Morgan fingerprint density at radius 2 is 1.83 bits per heavy atom. The van der Waals surface area contributed by atoms with Gasteiger partial charge in [0.15, 0.2) is 0 Å². The van der Waals surface area contributed by atoms with E-state index in [1.54, 1.807) is 15.3 Å². The highest BCUT2D eigenvalue weighted by Gasteiger charge is 2.21. The molecule has 3 heterocycles. The smallest absolute Gasteiger partial charge is 0.333 e. The Balaban J connectivity index is 1.55. The summed E-state index contributed by atoms with van der Waals surface area (Å²) in [5.41, 5.74) is 8.24. The van der Waals surface area contributed by atoms with E-state index in [0.717, 1.165) is 36.3 Å². The summed E-state index contributed by atoms with van der Waals surface area (Å²) in [6, 6.07) is 19.2. The lowest BCUT2D eigenvalue weighted by Gasteiger charge is -2.10. The number of nitrogen functional groups attached to an aromatic ring is 1. The van der Waals surface area contributed by atoms with Gasteiger partial charge in [0, 0.05) is 18.8 Å². The summed E-state index contributed by atoms with van der Waals surface area (Å²) in [6.07, 6.45) is 3.84. The lowest BCUT2D eigenvalue weighted by Crippen LogP contribution is -2.32. The van der Waals surface area contributed by atoms with Crippen molar-refractivity contribution in [3.05, 3.63) is 77.3 Å². The van der Waals surface area contributed by atoms with Crippen LogP contribution in [0.2, 0.25) is 0 Å². The zero-order valence-electron chi connectivity index (χ0n) is 16.5. The number of pyridine rings is 1. The van der Waals surface area contributed by atoms with Crippen molar-refractivity contribution in [1.29, 1.82) is 0 Å². The number of imidazole rings is 1. The molecule has 0 aliphatic carbocycles. The van der Waals surface area contributed by atoms with E-state index in [4.69, 9.17) is 10.5 Å². The molecule has 1 aliphatic heterocycles. The van der Waals surface area contributed by atoms with E-state index in [1.807, 2.05) is 60.7 Å². The first-order chi connectivity index (χ1) is 14.7. The summed E-state index contributed by atoms with van der Waals surface area (Å²) in [5.74, 6) is 1.80. The Morgan fingerprint density at radius 3 is 2.57 bits per heavy atom. The maximum Gasteiger partial charge on any atom is 0.333 e. The van der Waals surface area contributed by atoms with E-state index >= 15 is 0 Å². The van der Waals surface area contributed by atoms with E-state index in [9.17, 15) is 4.79 Å². The van der Waals surface area contributed by atoms with Crippen LogP contribution >= 0.6 is 0 Å². The predicted octanol–water partition coefficient (Wildman–Crippen LogP) is 3.31. The van der Waals surface area contributed by atoms with E-state index in [0.29, 0.717) is 23.6 Å². The molecule has 0 amide bonds. The number of rotatable bonds is 5. The molecule has 0 radical (unpaired) electrons. The van der Waals surface area contributed by atoms with Crippen molar-refractivity contribution in [2.24, 2.45) is 0 Å². The fourth-order valence-corrected chi connectivity index (χ4v) is 4.06. The second kappa shape index (κ2) is 7.68. The molecule has 1 aliphatic rings. The molecule has 4 aromatic rings. The normalized spacial score (nSPS) is 16.2. The minimum absolute atomic E-state index is 0.116. The molecule has 1 saturated heterocycles. The van der Waals surface area contributed by atoms with Crippen LogP contribution in [0.25, 0.3) is 16.7 Å². The number of para-hydroxylation sites is 1. The Hall–Kier alpha value is -3.58. The second-order valence-corrected chi connectivity index (χ2v) is 7.49. The zero-order valence-corrected chi connectivity index (χ0v) is 16.5. The summed E-state index contributed by atoms with van der Waals surface area (Å²) >= 11 is 0. The second-order valence-electron chi connectivity index (χ2n) is 7.49. The molecular weight excluding hydrogens is 378 g/mol. The molecule has 0 bridgehead atoms. The molecule has 0 spiro atoms. The van der Waals surface area contributed by atoms with Gasteiger partial charge in [-0.1, -0.05) is 18.2 Å². The maximum atomic E-state index is 13.4. The first-order valence-electron chi connectivity index (χ1n) is 10.1. The SMILES string of the molecule is Nc1nccc2c1n(-c1ccc(Oc3ccccc3)cc1)c(=O)n2C[C@@H]1CCCN1. The number of nitrogens with zero attached hydrogens (tertiary/aromatic N) is 3. The Labute approximate surface area is 173 Å². The lowest BCUT2D eigenvalue weighted by atomic mass is 10.2. The van der Waals surface area contributed by atoms with Crippen LogP contribution in [0.5, 0.6) is 11.5 Å². The van der Waals surface area contributed by atoms with Gasteiger partial charge in [-0.05, 0) is 61.9 Å². The van der Waals surface area contributed by atoms with Crippen LogP contribution in [0.15, 0.2) is 71.7 Å². The number of nitrogens with one attached hydrogen (secondary N) is 1. The topological polar surface area (TPSA) is 87.1 Å². The van der Waals surface area contributed by atoms with Crippen molar-refractivity contribution in [3.63, 3.8) is 0 Å². The van der Waals surface area contributed by atoms with E-state index in [1.165, 1.54) is 0 Å². The van der Waals surface area contributed by atoms with Gasteiger partial charge >= 0.3 is 5.69 Å². The van der Waals surface area contributed by atoms with Crippen molar-refractivity contribution >= 4 is 16.9 Å². The van der Waals surface area contributed by atoms with Gasteiger partial charge in [0.2, 0.25) is 0 Å². The number of benzene rings is 2. The van der Waals surface area contributed by atoms with E-state index < -0.39 is 0 Å². The van der Waals surface area contributed by atoms with Crippen molar-refractivity contribution in [2.75, 3.05) is 12.3 Å². The van der Waals surface area contributed by atoms with Crippen molar-refractivity contribution in [3.8, 4) is 17.2 Å². The predicted molar refractivity (Wildman–Crippen MR) is 117 cm³/mol. The average Bonchev–Trinajstić information content (AvgIpc) is 3.38. The molecule has 2 aromatic heterocycles. The molecule has 2 aromatic carbocycles. The van der Waals surface area contributed by atoms with Gasteiger partial charge in [0.05, 0.1) is 11.2 Å². The van der Waals surface area contributed by atoms with Crippen molar-refractivity contribution < 1.29 is 4.74 Å². The van der Waals surface area contributed by atoms with Gasteiger partial charge in [-0.2, -0.15) is 0 Å². The number of nitrogens with two attached hydrogens (primary N) is 1. The Bertz CT molecular complexity index is 1220. The minimum atomic E-state index is -0.116. The summed E-state index contributed by atoms with van der Waals surface area (Å²) in [5, 5.41) is 3.46. The summed E-state index contributed by atoms with van der Waals surface area (Å²) < 4.78 is 9.30. The number of hydrogen-bond donors (Lipinski definition) is 2. The number of aromatic nitrogens is 3. The monoisotopic (exact) mass is 401 g/mol. The first kappa shape index (κ1) is 18.4. The zero-order chi connectivity index (χ0) is 20.5. The minimum Gasteiger partial charge on any atom is -0.457 e. The van der Waals surface area contributed by atoms with Crippen molar-refractivity contribution in [1.82, 2.24) is 19.4 Å². The number of anilines is 1. The quantitative estimate of drug-likeness (QED) is 0.536. The van der Waals surface area contributed by atoms with Crippen LogP contribution in [0.1, 0.15) is 12.8 Å². The number of ether oxygens (including phenoxy) is 1. The summed E-state index contributed by atoms with van der Waals surface area (Å²) in [4.78, 5) is 17.6. The van der Waals surface area contributed by atoms with Gasteiger partial charge in [-0.3, -0.25) is 9.13 Å². The Kier molecular flexibility index (Phi) is 4.72. The molecule has 0 saturated carbocycles. The van der Waals surface area contributed by atoms with Gasteiger partial charge in [-0.25, -0.2) is 9.78 Å². The fourth-order valence-electron chi connectivity index (χ4n) is 4.06. The Morgan fingerprint density at radius 1 is 1.07 bits per heavy atom. The molecule has 1 fully saturated rings. The van der Waals surface area contributed by atoms with Crippen LogP contribution in [-0.4, -0.2) is 26.7 Å². The molecular formula is C23H23N5O2. The molecule has 152 valence electrons. The van der Waals surface area contributed by atoms with Gasteiger partial charge in [0.25, 0.3) is 0 Å². The third-order valence-corrected chi connectivity index (χ3v) is 5.51. The maximum absolute atomic E-state index is 13.4. The number of hydrogen-bond acceptors (Lipinski definition) is 5. The van der Waals surface area contributed by atoms with Gasteiger partial charge in [-0.15, -0.1) is 0 Å². The van der Waals surface area contributed by atoms with Crippen LogP contribution in [0, 0.1) is 0 Å². The van der Waals surface area contributed by atoms with E-state index in [2.05, 4.69) is 10.3 Å². The molecule has 5 rings (SSSR count). The van der Waals surface area contributed by atoms with E-state index in [-0.39, 0.29) is 11.7 Å².